The highest BCUT2D eigenvalue weighted by Gasteiger charge is 2.26. The minimum absolute atomic E-state index is 0.566. The number of hydrogen-bond donors (Lipinski definition) is 1. The van der Waals surface area contributed by atoms with Gasteiger partial charge in [-0.15, -0.1) is 0 Å². The second kappa shape index (κ2) is 6.28. The van der Waals surface area contributed by atoms with Crippen LogP contribution in [0.3, 0.4) is 0 Å². The summed E-state index contributed by atoms with van der Waals surface area (Å²) in [6, 6.07) is 1.13. The van der Waals surface area contributed by atoms with Crippen molar-refractivity contribution in [2.24, 2.45) is 0 Å². The van der Waals surface area contributed by atoms with Gasteiger partial charge < -0.3 is 15.0 Å². The van der Waals surface area contributed by atoms with Gasteiger partial charge in [-0.1, -0.05) is 0 Å². The molecule has 0 amide bonds. The highest BCUT2D eigenvalue weighted by Crippen LogP contribution is 2.22. The van der Waals surface area contributed by atoms with Gasteiger partial charge in [0.1, 0.15) is 0 Å². The first-order chi connectivity index (χ1) is 7.16. The molecule has 0 aromatic rings. The van der Waals surface area contributed by atoms with Crippen LogP contribution >= 0.6 is 12.2 Å². The maximum absolute atomic E-state index is 5.40. The zero-order chi connectivity index (χ0) is 11.3. The van der Waals surface area contributed by atoms with Crippen LogP contribution < -0.4 is 5.32 Å². The van der Waals surface area contributed by atoms with Gasteiger partial charge in [0, 0.05) is 25.7 Å². The van der Waals surface area contributed by atoms with Gasteiger partial charge >= 0.3 is 0 Å². The molecular weight excluding hydrogens is 208 g/mol. The van der Waals surface area contributed by atoms with Crippen LogP contribution in [0, 0.1) is 0 Å². The summed E-state index contributed by atoms with van der Waals surface area (Å²) in [5.74, 6) is 0. The third kappa shape index (κ3) is 3.61. The Bertz CT molecular complexity index is 201. The first-order valence-corrected chi connectivity index (χ1v) is 6.12. The average molecular weight is 230 g/mol. The fraction of sp³-hybridized carbons (Fsp3) is 0.909. The quantitative estimate of drug-likeness (QED) is 0.590. The van der Waals surface area contributed by atoms with Crippen molar-refractivity contribution in [2.45, 2.75) is 45.2 Å². The van der Waals surface area contributed by atoms with Crippen LogP contribution in [0.1, 0.15) is 33.1 Å². The van der Waals surface area contributed by atoms with E-state index in [2.05, 4.69) is 24.1 Å². The number of ether oxygens (including phenoxy) is 1. The molecular formula is C11H22N2OS. The molecule has 1 saturated heterocycles. The van der Waals surface area contributed by atoms with E-state index in [9.17, 15) is 0 Å². The number of hydrogen-bond acceptors (Lipinski definition) is 2. The molecule has 4 heteroatoms. The summed E-state index contributed by atoms with van der Waals surface area (Å²) in [5.41, 5.74) is 0. The number of rotatable bonds is 3. The molecule has 0 aliphatic carbocycles. The SMILES string of the molecule is COCCNC(=S)N1C(C)CCCC1C. The second-order valence-corrected chi connectivity index (χ2v) is 4.65. The van der Waals surface area contributed by atoms with E-state index in [4.69, 9.17) is 17.0 Å². The van der Waals surface area contributed by atoms with E-state index in [-0.39, 0.29) is 0 Å². The molecule has 1 heterocycles. The number of likely N-dealkylation sites (tertiary alicyclic amines) is 1. The van der Waals surface area contributed by atoms with Crippen molar-refractivity contribution in [1.29, 1.82) is 0 Å². The Morgan fingerprint density at radius 1 is 1.40 bits per heavy atom. The first-order valence-electron chi connectivity index (χ1n) is 5.72. The van der Waals surface area contributed by atoms with Crippen LogP contribution in [-0.4, -0.2) is 42.4 Å². The van der Waals surface area contributed by atoms with Crippen molar-refractivity contribution >= 4 is 17.3 Å². The van der Waals surface area contributed by atoms with Gasteiger partial charge in [0.2, 0.25) is 0 Å². The van der Waals surface area contributed by atoms with Crippen LogP contribution in [0.25, 0.3) is 0 Å². The second-order valence-electron chi connectivity index (χ2n) is 4.26. The molecule has 2 unspecified atom stereocenters. The summed E-state index contributed by atoms with van der Waals surface area (Å²) < 4.78 is 4.99. The minimum Gasteiger partial charge on any atom is -0.383 e. The van der Waals surface area contributed by atoms with E-state index in [1.807, 2.05) is 0 Å². The summed E-state index contributed by atoms with van der Waals surface area (Å²) in [6.45, 7) is 6.00. The molecule has 0 saturated carbocycles. The van der Waals surface area contributed by atoms with Gasteiger partial charge in [-0.2, -0.15) is 0 Å². The van der Waals surface area contributed by atoms with Crippen molar-refractivity contribution in [3.63, 3.8) is 0 Å². The van der Waals surface area contributed by atoms with Gasteiger partial charge in [-0.3, -0.25) is 0 Å². The highest BCUT2D eigenvalue weighted by atomic mass is 32.1. The Morgan fingerprint density at radius 2 is 2.00 bits per heavy atom. The monoisotopic (exact) mass is 230 g/mol. The zero-order valence-electron chi connectivity index (χ0n) is 9.95. The van der Waals surface area contributed by atoms with Crippen molar-refractivity contribution < 1.29 is 4.74 Å². The zero-order valence-corrected chi connectivity index (χ0v) is 10.8. The summed E-state index contributed by atoms with van der Waals surface area (Å²) in [7, 11) is 1.71. The molecule has 0 radical (unpaired) electrons. The number of piperidine rings is 1. The maximum atomic E-state index is 5.40. The average Bonchev–Trinajstić information content (AvgIpc) is 2.18. The van der Waals surface area contributed by atoms with E-state index < -0.39 is 0 Å². The lowest BCUT2D eigenvalue weighted by Gasteiger charge is -2.40. The largest absolute Gasteiger partial charge is 0.383 e. The minimum atomic E-state index is 0.566. The van der Waals surface area contributed by atoms with Crippen LogP contribution in [0.5, 0.6) is 0 Å². The van der Waals surface area contributed by atoms with Crippen LogP contribution in [-0.2, 0) is 4.74 Å². The molecule has 88 valence electrons. The Morgan fingerprint density at radius 3 is 2.53 bits per heavy atom. The fourth-order valence-corrected chi connectivity index (χ4v) is 2.63. The number of methoxy groups -OCH3 is 1. The standard InChI is InChI=1S/C11H22N2OS/c1-9-5-4-6-10(2)13(9)11(15)12-7-8-14-3/h9-10H,4-8H2,1-3H3,(H,12,15). The fourth-order valence-electron chi connectivity index (χ4n) is 2.17. The van der Waals surface area contributed by atoms with Crippen molar-refractivity contribution in [2.75, 3.05) is 20.3 Å². The van der Waals surface area contributed by atoms with E-state index in [1.165, 1.54) is 19.3 Å². The van der Waals surface area contributed by atoms with Gasteiger partial charge in [0.15, 0.2) is 5.11 Å². The Hall–Kier alpha value is -0.350. The predicted octanol–water partition coefficient (Wildman–Crippen LogP) is 1.77. The van der Waals surface area contributed by atoms with Crippen LogP contribution in [0.2, 0.25) is 0 Å². The molecule has 1 aliphatic heterocycles. The normalized spacial score (nSPS) is 26.5. The van der Waals surface area contributed by atoms with Gasteiger partial charge in [-0.25, -0.2) is 0 Å². The third-order valence-electron chi connectivity index (χ3n) is 3.01. The molecule has 1 rings (SSSR count). The maximum Gasteiger partial charge on any atom is 0.169 e. The smallest absolute Gasteiger partial charge is 0.169 e. The third-order valence-corrected chi connectivity index (χ3v) is 3.37. The molecule has 0 bridgehead atoms. The Kier molecular flexibility index (Phi) is 5.32. The molecule has 15 heavy (non-hydrogen) atoms. The van der Waals surface area contributed by atoms with Crippen molar-refractivity contribution in [1.82, 2.24) is 10.2 Å². The summed E-state index contributed by atoms with van der Waals surface area (Å²) >= 11 is 5.40. The van der Waals surface area contributed by atoms with E-state index in [0.29, 0.717) is 18.7 Å². The molecule has 0 spiro atoms. The number of thiocarbonyl (C=S) groups is 1. The van der Waals surface area contributed by atoms with Crippen molar-refractivity contribution in [3.8, 4) is 0 Å². The van der Waals surface area contributed by atoms with E-state index in [0.717, 1.165) is 11.7 Å². The van der Waals surface area contributed by atoms with Crippen LogP contribution in [0.15, 0.2) is 0 Å². The molecule has 0 aromatic heterocycles. The molecule has 3 nitrogen and oxygen atoms in total. The molecule has 1 fully saturated rings. The number of nitrogens with zero attached hydrogens (tertiary/aromatic N) is 1. The van der Waals surface area contributed by atoms with Crippen molar-refractivity contribution in [3.05, 3.63) is 0 Å². The Balaban J connectivity index is 2.41. The number of nitrogens with one attached hydrogen (secondary N) is 1. The summed E-state index contributed by atoms with van der Waals surface area (Å²) in [4.78, 5) is 2.33. The molecule has 1 aliphatic rings. The molecule has 0 aromatic carbocycles. The van der Waals surface area contributed by atoms with Gasteiger partial charge in [0.25, 0.3) is 0 Å². The lowest BCUT2D eigenvalue weighted by molar-refractivity contribution is 0.181. The van der Waals surface area contributed by atoms with Crippen LogP contribution in [0.4, 0.5) is 0 Å². The highest BCUT2D eigenvalue weighted by molar-refractivity contribution is 7.80. The first kappa shape index (κ1) is 12.7. The van der Waals surface area contributed by atoms with Gasteiger partial charge in [0.05, 0.1) is 6.61 Å². The predicted molar refractivity (Wildman–Crippen MR) is 67.1 cm³/mol. The lowest BCUT2D eigenvalue weighted by atomic mass is 9.98. The van der Waals surface area contributed by atoms with E-state index >= 15 is 0 Å². The Labute approximate surface area is 98.2 Å². The topological polar surface area (TPSA) is 24.5 Å². The van der Waals surface area contributed by atoms with Gasteiger partial charge in [-0.05, 0) is 45.3 Å². The summed E-state index contributed by atoms with van der Waals surface area (Å²) in [5, 5.41) is 4.13. The molecule has 2 atom stereocenters. The summed E-state index contributed by atoms with van der Waals surface area (Å²) in [6.07, 6.45) is 3.81. The molecule has 1 N–H and O–H groups in total. The lowest BCUT2D eigenvalue weighted by Crippen LogP contribution is -2.52. The van der Waals surface area contributed by atoms with E-state index in [1.54, 1.807) is 7.11 Å².